The number of hydrogen-bond donors (Lipinski definition) is 1. The zero-order valence-corrected chi connectivity index (χ0v) is 21.4. The van der Waals surface area contributed by atoms with Gasteiger partial charge in [-0.2, -0.15) is 0 Å². The number of nitrogens with zero attached hydrogens (tertiary/aromatic N) is 3. The molecule has 0 radical (unpaired) electrons. The number of hydrogen-bond acceptors (Lipinski definition) is 6. The summed E-state index contributed by atoms with van der Waals surface area (Å²) in [4.78, 5) is 31.5. The van der Waals surface area contributed by atoms with Crippen LogP contribution in [0.5, 0.6) is 0 Å². The maximum Gasteiger partial charge on any atom is 0.317 e. The fourth-order valence-electron chi connectivity index (χ4n) is 4.01. The summed E-state index contributed by atoms with van der Waals surface area (Å²) in [5.41, 5.74) is 1.46. The molecule has 10 heteroatoms. The summed E-state index contributed by atoms with van der Waals surface area (Å²) in [7, 11) is 0. The van der Waals surface area contributed by atoms with E-state index < -0.39 is 11.5 Å². The van der Waals surface area contributed by atoms with Crippen molar-refractivity contribution >= 4 is 58.6 Å². The van der Waals surface area contributed by atoms with Gasteiger partial charge in [-0.25, -0.2) is 0 Å². The molecule has 0 bridgehead atoms. The van der Waals surface area contributed by atoms with Crippen LogP contribution in [0.15, 0.2) is 63.4 Å². The highest BCUT2D eigenvalue weighted by molar-refractivity contribution is 7.99. The Labute approximate surface area is 219 Å². The number of benzene rings is 2. The lowest BCUT2D eigenvalue weighted by molar-refractivity contribution is -0.138. The predicted octanol–water partition coefficient (Wildman–Crippen LogP) is 4.05. The van der Waals surface area contributed by atoms with Gasteiger partial charge >= 0.3 is 5.97 Å². The number of piperazine rings is 1. The van der Waals surface area contributed by atoms with Crippen molar-refractivity contribution in [3.8, 4) is 0 Å². The van der Waals surface area contributed by atoms with E-state index in [0.29, 0.717) is 19.8 Å². The number of carboxylic acid groups (broad SMARTS) is 1. The average molecular weight is 536 g/mol. The number of anilines is 1. The van der Waals surface area contributed by atoms with Crippen molar-refractivity contribution in [3.05, 3.63) is 59.1 Å². The van der Waals surface area contributed by atoms with Crippen molar-refractivity contribution in [1.29, 1.82) is 0 Å². The molecule has 2 aromatic rings. The molecular formula is C25H27Cl2N3O4S. The van der Waals surface area contributed by atoms with Crippen LogP contribution in [-0.2, 0) is 14.3 Å². The molecule has 0 spiro atoms. The Morgan fingerprint density at radius 3 is 2.49 bits per heavy atom. The maximum absolute atomic E-state index is 12.6. The van der Waals surface area contributed by atoms with Crippen LogP contribution in [0.2, 0.25) is 0 Å². The Morgan fingerprint density at radius 1 is 1.06 bits per heavy atom. The monoisotopic (exact) mass is 535 g/mol. The summed E-state index contributed by atoms with van der Waals surface area (Å²) in [6, 6.07) is 16.2. The minimum Gasteiger partial charge on any atom is -0.480 e. The normalized spacial score (nSPS) is 19.6. The van der Waals surface area contributed by atoms with Crippen LogP contribution in [0.1, 0.15) is 5.56 Å². The van der Waals surface area contributed by atoms with Gasteiger partial charge in [0.05, 0.1) is 19.8 Å². The number of carbonyl (C=O) groups excluding carboxylic acids is 1. The molecule has 1 unspecified atom stereocenters. The molecule has 35 heavy (non-hydrogen) atoms. The largest absolute Gasteiger partial charge is 0.480 e. The second-order valence-corrected chi connectivity index (χ2v) is 10.4. The van der Waals surface area contributed by atoms with Gasteiger partial charge in [0.15, 0.2) is 0 Å². The highest BCUT2D eigenvalue weighted by atomic mass is 35.5. The zero-order valence-electron chi connectivity index (χ0n) is 19.1. The van der Waals surface area contributed by atoms with Crippen LogP contribution in [0.4, 0.5) is 5.69 Å². The molecule has 0 aromatic heterocycles. The van der Waals surface area contributed by atoms with Crippen molar-refractivity contribution in [2.24, 2.45) is 0 Å². The number of alkyl halides is 1. The highest BCUT2D eigenvalue weighted by Crippen LogP contribution is 2.31. The van der Waals surface area contributed by atoms with Gasteiger partial charge in [-0.15, -0.1) is 0 Å². The van der Waals surface area contributed by atoms with Crippen LogP contribution < -0.4 is 4.90 Å². The molecule has 2 aliphatic heterocycles. The summed E-state index contributed by atoms with van der Waals surface area (Å²) in [6.45, 7) is 4.34. The molecule has 0 aliphatic carbocycles. The molecular weight excluding hydrogens is 509 g/mol. The van der Waals surface area contributed by atoms with Gasteiger partial charge in [0.25, 0.3) is 5.91 Å². The molecule has 2 aromatic carbocycles. The van der Waals surface area contributed by atoms with Gasteiger partial charge < -0.3 is 19.6 Å². The lowest BCUT2D eigenvalue weighted by atomic mass is 10.2. The second-order valence-electron chi connectivity index (χ2n) is 8.33. The summed E-state index contributed by atoms with van der Waals surface area (Å²) in [6.07, 6.45) is 1.65. The Hall–Kier alpha value is -2.23. The molecule has 7 nitrogen and oxygen atoms in total. The van der Waals surface area contributed by atoms with Crippen LogP contribution >= 0.6 is 35.0 Å². The highest BCUT2D eigenvalue weighted by Gasteiger charge is 2.27. The number of rotatable bonds is 7. The minimum atomic E-state index is -0.784. The zero-order chi connectivity index (χ0) is 24.8. The van der Waals surface area contributed by atoms with E-state index in [0.717, 1.165) is 47.2 Å². The Bertz CT molecular complexity index is 1070. The van der Waals surface area contributed by atoms with Crippen LogP contribution in [-0.4, -0.2) is 84.8 Å². The van der Waals surface area contributed by atoms with E-state index in [9.17, 15) is 9.59 Å². The first kappa shape index (κ1) is 25.9. The fraction of sp³-hybridized carbons (Fsp3) is 0.360. The van der Waals surface area contributed by atoms with Gasteiger partial charge in [0, 0.05) is 48.2 Å². The van der Waals surface area contributed by atoms with E-state index in [1.165, 1.54) is 4.90 Å². The third-order valence-electron chi connectivity index (χ3n) is 5.86. The number of carbonyl (C=O) groups is 2. The number of amides is 1. The first-order chi connectivity index (χ1) is 16.9. The van der Waals surface area contributed by atoms with Crippen molar-refractivity contribution in [2.75, 3.05) is 57.4 Å². The number of halogens is 2. The van der Waals surface area contributed by atoms with Crippen molar-refractivity contribution in [3.63, 3.8) is 0 Å². The van der Waals surface area contributed by atoms with Gasteiger partial charge in [-0.3, -0.25) is 14.5 Å². The molecule has 2 heterocycles. The molecule has 2 aliphatic rings. The molecule has 1 atom stereocenters. The predicted molar refractivity (Wildman–Crippen MR) is 139 cm³/mol. The second kappa shape index (κ2) is 12.1. The van der Waals surface area contributed by atoms with Gasteiger partial charge in [-0.1, -0.05) is 53.2 Å². The topological polar surface area (TPSA) is 73.3 Å². The average Bonchev–Trinajstić information content (AvgIpc) is 2.85. The van der Waals surface area contributed by atoms with E-state index in [1.807, 2.05) is 35.2 Å². The fourth-order valence-corrected chi connectivity index (χ4v) is 5.40. The summed E-state index contributed by atoms with van der Waals surface area (Å²) in [5.74, 6) is -1.08. The lowest BCUT2D eigenvalue weighted by Gasteiger charge is -2.35. The van der Waals surface area contributed by atoms with Gasteiger partial charge in [0.2, 0.25) is 0 Å². The minimum absolute atomic E-state index is 0.0920. The Morgan fingerprint density at radius 2 is 1.80 bits per heavy atom. The molecule has 1 amide bonds. The van der Waals surface area contributed by atoms with Crippen LogP contribution in [0, 0.1) is 0 Å². The van der Waals surface area contributed by atoms with Gasteiger partial charge in [-0.05, 0) is 42.0 Å². The first-order valence-corrected chi connectivity index (χ1v) is 13.0. The standard InChI is InChI=1S/C25H27Cl2N3O4S/c26-22(25(33)30-12-13-34-17-23(30)27)14-18-4-6-20(7-5-18)35-21-3-1-2-19(15-21)29-10-8-28(9-11-29)16-24(31)32/h1-7,14-15,23H,8-13,16-17H2,(H,31,32). The molecule has 1 N–H and O–H groups in total. The molecule has 2 saturated heterocycles. The number of morpholine rings is 1. The van der Waals surface area contributed by atoms with Gasteiger partial charge in [0.1, 0.15) is 10.5 Å². The molecule has 0 saturated carbocycles. The number of carboxylic acids is 1. The first-order valence-electron chi connectivity index (χ1n) is 11.4. The van der Waals surface area contributed by atoms with Crippen molar-refractivity contribution in [2.45, 2.75) is 15.3 Å². The Balaban J connectivity index is 1.35. The van der Waals surface area contributed by atoms with Crippen molar-refractivity contribution in [1.82, 2.24) is 9.80 Å². The number of aliphatic carboxylic acids is 1. The quantitative estimate of drug-likeness (QED) is 0.325. The Kier molecular flexibility index (Phi) is 8.97. The van der Waals surface area contributed by atoms with E-state index in [2.05, 4.69) is 23.1 Å². The molecule has 186 valence electrons. The lowest BCUT2D eigenvalue weighted by Crippen LogP contribution is -2.47. The summed E-state index contributed by atoms with van der Waals surface area (Å²) < 4.78 is 5.27. The summed E-state index contributed by atoms with van der Waals surface area (Å²) in [5, 5.41) is 9.10. The molecule has 2 fully saturated rings. The van der Waals surface area contributed by atoms with Crippen LogP contribution in [0.25, 0.3) is 6.08 Å². The molecule has 4 rings (SSSR count). The van der Waals surface area contributed by atoms with Crippen molar-refractivity contribution < 1.29 is 19.4 Å². The van der Waals surface area contributed by atoms with Crippen LogP contribution in [0.3, 0.4) is 0 Å². The van der Waals surface area contributed by atoms with E-state index in [-0.39, 0.29) is 17.5 Å². The maximum atomic E-state index is 12.6. The number of ether oxygens (including phenoxy) is 1. The smallest absolute Gasteiger partial charge is 0.317 e. The SMILES string of the molecule is O=C(O)CN1CCN(c2cccc(Sc3ccc(C=C(Cl)C(=O)N4CCOCC4Cl)cc3)c2)CC1. The third-order valence-corrected chi connectivity index (χ3v) is 7.49. The third kappa shape index (κ3) is 7.15. The van der Waals surface area contributed by atoms with E-state index >= 15 is 0 Å². The van der Waals surface area contributed by atoms with E-state index in [4.69, 9.17) is 33.0 Å². The van der Waals surface area contributed by atoms with E-state index in [1.54, 1.807) is 17.8 Å². The summed E-state index contributed by atoms with van der Waals surface area (Å²) >= 11 is 14.1.